The standard InChI is InChI=1S/C12H17BrN2O/c1-15-6-5-10(8-15)14-9-3-4-12(16-2)11(13)7-9/h3-4,7,10,14H,5-6,8H2,1-2H3. The Kier molecular flexibility index (Phi) is 3.71. The number of rotatable bonds is 3. The minimum Gasteiger partial charge on any atom is -0.496 e. The highest BCUT2D eigenvalue weighted by Gasteiger charge is 2.19. The van der Waals surface area contributed by atoms with Gasteiger partial charge in [-0.1, -0.05) is 0 Å². The Morgan fingerprint density at radius 3 is 2.88 bits per heavy atom. The highest BCUT2D eigenvalue weighted by atomic mass is 79.9. The Labute approximate surface area is 105 Å². The molecule has 1 aromatic rings. The van der Waals surface area contributed by atoms with E-state index in [1.54, 1.807) is 7.11 Å². The lowest BCUT2D eigenvalue weighted by molar-refractivity contribution is 0.412. The van der Waals surface area contributed by atoms with Gasteiger partial charge in [-0.3, -0.25) is 0 Å². The number of nitrogens with zero attached hydrogens (tertiary/aromatic N) is 1. The van der Waals surface area contributed by atoms with Gasteiger partial charge < -0.3 is 15.0 Å². The van der Waals surface area contributed by atoms with Crippen LogP contribution in [0.25, 0.3) is 0 Å². The van der Waals surface area contributed by atoms with E-state index in [0.29, 0.717) is 6.04 Å². The van der Waals surface area contributed by atoms with Crippen molar-refractivity contribution >= 4 is 21.6 Å². The van der Waals surface area contributed by atoms with Crippen LogP contribution in [0.3, 0.4) is 0 Å². The van der Waals surface area contributed by atoms with E-state index in [2.05, 4.69) is 45.3 Å². The third kappa shape index (κ3) is 2.68. The van der Waals surface area contributed by atoms with Gasteiger partial charge in [0.1, 0.15) is 5.75 Å². The highest BCUT2D eigenvalue weighted by molar-refractivity contribution is 9.10. The molecule has 88 valence electrons. The maximum atomic E-state index is 5.20. The van der Waals surface area contributed by atoms with Crippen molar-refractivity contribution in [3.63, 3.8) is 0 Å². The van der Waals surface area contributed by atoms with Crippen LogP contribution in [0.15, 0.2) is 22.7 Å². The molecule has 1 saturated heterocycles. The van der Waals surface area contributed by atoms with E-state index in [4.69, 9.17) is 4.74 Å². The summed E-state index contributed by atoms with van der Waals surface area (Å²) in [6.07, 6.45) is 1.21. The Morgan fingerprint density at radius 2 is 2.31 bits per heavy atom. The van der Waals surface area contributed by atoms with Crippen LogP contribution in [0.2, 0.25) is 0 Å². The van der Waals surface area contributed by atoms with Gasteiger partial charge in [-0.05, 0) is 54.1 Å². The van der Waals surface area contributed by atoms with Gasteiger partial charge in [-0.15, -0.1) is 0 Å². The first-order valence-corrected chi connectivity index (χ1v) is 6.27. The van der Waals surface area contributed by atoms with Crippen LogP contribution in [0.5, 0.6) is 5.75 Å². The van der Waals surface area contributed by atoms with E-state index in [1.165, 1.54) is 13.0 Å². The van der Waals surface area contributed by atoms with Gasteiger partial charge in [0.05, 0.1) is 11.6 Å². The zero-order valence-corrected chi connectivity index (χ0v) is 11.3. The molecule has 0 amide bonds. The normalized spacial score (nSPS) is 21.1. The fourth-order valence-electron chi connectivity index (χ4n) is 2.04. The molecule has 1 aliphatic heterocycles. The van der Waals surface area contributed by atoms with Gasteiger partial charge >= 0.3 is 0 Å². The van der Waals surface area contributed by atoms with Gasteiger partial charge in [0, 0.05) is 18.3 Å². The van der Waals surface area contributed by atoms with E-state index < -0.39 is 0 Å². The summed E-state index contributed by atoms with van der Waals surface area (Å²) < 4.78 is 6.20. The molecule has 0 saturated carbocycles. The van der Waals surface area contributed by atoms with Crippen molar-refractivity contribution < 1.29 is 4.74 Å². The molecule has 1 atom stereocenters. The van der Waals surface area contributed by atoms with Gasteiger partial charge in [0.25, 0.3) is 0 Å². The first kappa shape index (κ1) is 11.7. The molecule has 1 unspecified atom stereocenters. The molecule has 1 fully saturated rings. The topological polar surface area (TPSA) is 24.5 Å². The largest absolute Gasteiger partial charge is 0.496 e. The zero-order valence-electron chi connectivity index (χ0n) is 9.66. The molecule has 1 aliphatic rings. The van der Waals surface area contributed by atoms with Crippen molar-refractivity contribution in [1.29, 1.82) is 0 Å². The smallest absolute Gasteiger partial charge is 0.133 e. The molecule has 1 aromatic carbocycles. The average Bonchev–Trinajstić information content (AvgIpc) is 2.64. The van der Waals surface area contributed by atoms with Crippen molar-refractivity contribution in [2.45, 2.75) is 12.5 Å². The molecule has 0 bridgehead atoms. The first-order valence-electron chi connectivity index (χ1n) is 5.47. The van der Waals surface area contributed by atoms with Crippen LogP contribution in [0.4, 0.5) is 5.69 Å². The van der Waals surface area contributed by atoms with Crippen LogP contribution in [-0.4, -0.2) is 38.2 Å². The second-order valence-electron chi connectivity index (χ2n) is 4.24. The lowest BCUT2D eigenvalue weighted by Crippen LogP contribution is -2.23. The number of hydrogen-bond donors (Lipinski definition) is 1. The molecular weight excluding hydrogens is 268 g/mol. The van der Waals surface area contributed by atoms with E-state index in [-0.39, 0.29) is 0 Å². The molecule has 0 aliphatic carbocycles. The number of anilines is 1. The molecule has 0 radical (unpaired) electrons. The number of hydrogen-bond acceptors (Lipinski definition) is 3. The van der Waals surface area contributed by atoms with Crippen LogP contribution in [-0.2, 0) is 0 Å². The lowest BCUT2D eigenvalue weighted by Gasteiger charge is -2.15. The second kappa shape index (κ2) is 5.06. The van der Waals surface area contributed by atoms with Crippen LogP contribution >= 0.6 is 15.9 Å². The van der Waals surface area contributed by atoms with Crippen LogP contribution in [0.1, 0.15) is 6.42 Å². The fourth-order valence-corrected chi connectivity index (χ4v) is 2.59. The predicted octanol–water partition coefficient (Wildman–Crippen LogP) is 2.57. The van der Waals surface area contributed by atoms with Crippen LogP contribution in [0, 0.1) is 0 Å². The minimum atomic E-state index is 0.560. The third-order valence-corrected chi connectivity index (χ3v) is 3.53. The summed E-state index contributed by atoms with van der Waals surface area (Å²) in [5.41, 5.74) is 1.15. The van der Waals surface area contributed by atoms with Crippen molar-refractivity contribution in [3.05, 3.63) is 22.7 Å². The molecule has 2 rings (SSSR count). The molecule has 0 spiro atoms. The summed E-state index contributed by atoms with van der Waals surface area (Å²) in [6, 6.07) is 6.66. The summed E-state index contributed by atoms with van der Waals surface area (Å²) in [4.78, 5) is 2.34. The van der Waals surface area contributed by atoms with Gasteiger partial charge in [-0.2, -0.15) is 0 Å². The molecule has 4 heteroatoms. The fraction of sp³-hybridized carbons (Fsp3) is 0.500. The number of likely N-dealkylation sites (N-methyl/N-ethyl adjacent to an activating group) is 1. The first-order chi connectivity index (χ1) is 7.69. The van der Waals surface area contributed by atoms with Crippen molar-refractivity contribution in [3.8, 4) is 5.75 Å². The lowest BCUT2D eigenvalue weighted by atomic mass is 10.2. The van der Waals surface area contributed by atoms with E-state index in [9.17, 15) is 0 Å². The summed E-state index contributed by atoms with van der Waals surface area (Å²) in [5.74, 6) is 0.870. The molecule has 1 heterocycles. The number of benzene rings is 1. The Balaban J connectivity index is 2.02. The summed E-state index contributed by atoms with van der Waals surface area (Å²) in [6.45, 7) is 2.29. The Bertz CT molecular complexity index is 370. The van der Waals surface area contributed by atoms with Crippen molar-refractivity contribution in [2.24, 2.45) is 0 Å². The SMILES string of the molecule is COc1ccc(NC2CCN(C)C2)cc1Br. The highest BCUT2D eigenvalue weighted by Crippen LogP contribution is 2.28. The van der Waals surface area contributed by atoms with E-state index in [0.717, 1.165) is 22.5 Å². The summed E-state index contributed by atoms with van der Waals surface area (Å²) >= 11 is 3.49. The van der Waals surface area contributed by atoms with Gasteiger partial charge in [-0.25, -0.2) is 0 Å². The minimum absolute atomic E-state index is 0.560. The third-order valence-electron chi connectivity index (χ3n) is 2.91. The maximum Gasteiger partial charge on any atom is 0.133 e. The second-order valence-corrected chi connectivity index (χ2v) is 5.10. The van der Waals surface area contributed by atoms with E-state index >= 15 is 0 Å². The van der Waals surface area contributed by atoms with E-state index in [1.807, 2.05) is 6.07 Å². The predicted molar refractivity (Wildman–Crippen MR) is 70.2 cm³/mol. The van der Waals surface area contributed by atoms with Gasteiger partial charge in [0.15, 0.2) is 0 Å². The number of nitrogens with one attached hydrogen (secondary N) is 1. The Morgan fingerprint density at radius 1 is 1.50 bits per heavy atom. The molecule has 16 heavy (non-hydrogen) atoms. The number of ether oxygens (including phenoxy) is 1. The quantitative estimate of drug-likeness (QED) is 0.923. The average molecular weight is 285 g/mol. The van der Waals surface area contributed by atoms with Crippen LogP contribution < -0.4 is 10.1 Å². The summed E-state index contributed by atoms with van der Waals surface area (Å²) in [5, 5.41) is 3.54. The van der Waals surface area contributed by atoms with Crippen molar-refractivity contribution in [1.82, 2.24) is 4.90 Å². The molecular formula is C12H17BrN2O. The number of halogens is 1. The molecule has 3 nitrogen and oxygen atoms in total. The Hall–Kier alpha value is -0.740. The number of methoxy groups -OCH3 is 1. The number of likely N-dealkylation sites (tertiary alicyclic amines) is 1. The summed E-state index contributed by atoms with van der Waals surface area (Å²) in [7, 11) is 3.84. The monoisotopic (exact) mass is 284 g/mol. The van der Waals surface area contributed by atoms with Crippen molar-refractivity contribution in [2.75, 3.05) is 32.6 Å². The molecule has 0 aromatic heterocycles. The van der Waals surface area contributed by atoms with Gasteiger partial charge in [0.2, 0.25) is 0 Å². The zero-order chi connectivity index (χ0) is 11.5. The maximum absolute atomic E-state index is 5.20. The molecule has 1 N–H and O–H groups in total.